The molecule has 1 rings (SSSR count). The number of nitrogens with zero attached hydrogens (tertiary/aromatic N) is 2. The summed E-state index contributed by atoms with van der Waals surface area (Å²) in [6.45, 7) is 7.19. The van der Waals surface area contributed by atoms with Gasteiger partial charge in [0.1, 0.15) is 0 Å². The SMILES string of the molecule is CN(C=NC(C)(C)C)Cc1ccccc1. The van der Waals surface area contributed by atoms with Crippen molar-refractivity contribution >= 4 is 6.34 Å². The minimum atomic E-state index is 0.00491. The summed E-state index contributed by atoms with van der Waals surface area (Å²) >= 11 is 0. The average molecular weight is 204 g/mol. The zero-order valence-corrected chi connectivity index (χ0v) is 10.1. The molecule has 0 unspecified atom stereocenters. The molecule has 0 spiro atoms. The molecule has 0 aliphatic heterocycles. The molecule has 0 aliphatic rings. The maximum atomic E-state index is 4.45. The molecule has 82 valence electrons. The molecule has 0 N–H and O–H groups in total. The quantitative estimate of drug-likeness (QED) is 0.546. The van der Waals surface area contributed by atoms with Crippen molar-refractivity contribution < 1.29 is 0 Å². The number of hydrogen-bond donors (Lipinski definition) is 0. The van der Waals surface area contributed by atoms with Crippen molar-refractivity contribution in [1.82, 2.24) is 4.90 Å². The maximum absolute atomic E-state index is 4.45. The summed E-state index contributed by atoms with van der Waals surface area (Å²) in [5, 5.41) is 0. The molecule has 15 heavy (non-hydrogen) atoms. The third-order valence-electron chi connectivity index (χ3n) is 1.92. The minimum absolute atomic E-state index is 0.00491. The van der Waals surface area contributed by atoms with E-state index in [1.807, 2.05) is 19.5 Å². The van der Waals surface area contributed by atoms with Gasteiger partial charge in [-0.15, -0.1) is 0 Å². The van der Waals surface area contributed by atoms with Gasteiger partial charge in [-0.05, 0) is 26.3 Å². The lowest BCUT2D eigenvalue weighted by atomic mass is 10.1. The van der Waals surface area contributed by atoms with Gasteiger partial charge in [-0.2, -0.15) is 0 Å². The van der Waals surface area contributed by atoms with E-state index in [0.717, 1.165) is 6.54 Å². The first-order valence-electron chi connectivity index (χ1n) is 5.27. The molecule has 0 radical (unpaired) electrons. The van der Waals surface area contributed by atoms with E-state index in [2.05, 4.69) is 54.9 Å². The van der Waals surface area contributed by atoms with Crippen LogP contribution in [0, 0.1) is 0 Å². The van der Waals surface area contributed by atoms with Gasteiger partial charge in [0, 0.05) is 13.6 Å². The molecule has 1 aromatic carbocycles. The first-order valence-corrected chi connectivity index (χ1v) is 5.27. The molecule has 0 bridgehead atoms. The van der Waals surface area contributed by atoms with Gasteiger partial charge < -0.3 is 4.90 Å². The van der Waals surface area contributed by atoms with Crippen LogP contribution >= 0.6 is 0 Å². The second-order valence-corrected chi connectivity index (χ2v) is 4.82. The number of hydrogen-bond acceptors (Lipinski definition) is 1. The molecule has 0 atom stereocenters. The predicted molar refractivity (Wildman–Crippen MR) is 66.2 cm³/mol. The van der Waals surface area contributed by atoms with Crippen LogP contribution in [0.5, 0.6) is 0 Å². The predicted octanol–water partition coefficient (Wildman–Crippen LogP) is 2.95. The Kier molecular flexibility index (Phi) is 3.89. The minimum Gasteiger partial charge on any atom is -0.362 e. The van der Waals surface area contributed by atoms with Crippen LogP contribution in [0.1, 0.15) is 26.3 Å². The van der Waals surface area contributed by atoms with Gasteiger partial charge in [0.25, 0.3) is 0 Å². The van der Waals surface area contributed by atoms with E-state index >= 15 is 0 Å². The molecule has 0 aliphatic carbocycles. The third-order valence-corrected chi connectivity index (χ3v) is 1.92. The van der Waals surface area contributed by atoms with Gasteiger partial charge >= 0.3 is 0 Å². The second kappa shape index (κ2) is 4.96. The van der Waals surface area contributed by atoms with Gasteiger partial charge in [0.05, 0.1) is 11.9 Å². The fourth-order valence-electron chi connectivity index (χ4n) is 1.18. The first-order chi connectivity index (χ1) is 6.97. The Balaban J connectivity index is 2.50. The Labute approximate surface area is 92.6 Å². The lowest BCUT2D eigenvalue weighted by molar-refractivity contribution is 0.496. The molecule has 0 fully saturated rings. The van der Waals surface area contributed by atoms with E-state index in [0.29, 0.717) is 0 Å². The molecular weight excluding hydrogens is 184 g/mol. The number of benzene rings is 1. The Morgan fingerprint density at radius 3 is 2.33 bits per heavy atom. The highest BCUT2D eigenvalue weighted by Gasteiger charge is 2.05. The van der Waals surface area contributed by atoms with Crippen LogP contribution in [0.2, 0.25) is 0 Å². The smallest absolute Gasteiger partial charge is 0.0856 e. The van der Waals surface area contributed by atoms with Crippen LogP contribution in [0.3, 0.4) is 0 Å². The summed E-state index contributed by atoms with van der Waals surface area (Å²) in [5.41, 5.74) is 1.31. The van der Waals surface area contributed by atoms with Gasteiger partial charge in [0.15, 0.2) is 0 Å². The van der Waals surface area contributed by atoms with Crippen molar-refractivity contribution in [2.75, 3.05) is 7.05 Å². The third kappa shape index (κ3) is 5.21. The molecule has 2 heteroatoms. The first kappa shape index (κ1) is 11.8. The average Bonchev–Trinajstić information content (AvgIpc) is 2.15. The second-order valence-electron chi connectivity index (χ2n) is 4.82. The van der Waals surface area contributed by atoms with Crippen LogP contribution in [0.15, 0.2) is 35.3 Å². The normalized spacial score (nSPS) is 12.0. The van der Waals surface area contributed by atoms with Crippen LogP contribution < -0.4 is 0 Å². The van der Waals surface area contributed by atoms with E-state index < -0.39 is 0 Å². The monoisotopic (exact) mass is 204 g/mol. The lowest BCUT2D eigenvalue weighted by Crippen LogP contribution is -2.19. The molecular formula is C13H20N2. The highest BCUT2D eigenvalue weighted by Crippen LogP contribution is 2.06. The summed E-state index contributed by atoms with van der Waals surface area (Å²) in [5.74, 6) is 0. The van der Waals surface area contributed by atoms with E-state index in [1.165, 1.54) is 5.56 Å². The number of aliphatic imine (C=N–C) groups is 1. The summed E-state index contributed by atoms with van der Waals surface area (Å²) < 4.78 is 0. The van der Waals surface area contributed by atoms with E-state index in [9.17, 15) is 0 Å². The van der Waals surface area contributed by atoms with Crippen molar-refractivity contribution in [3.05, 3.63) is 35.9 Å². The van der Waals surface area contributed by atoms with E-state index in [1.54, 1.807) is 0 Å². The Hall–Kier alpha value is -1.31. The molecule has 1 aromatic rings. The van der Waals surface area contributed by atoms with E-state index in [4.69, 9.17) is 0 Å². The molecule has 0 saturated heterocycles. The fourth-order valence-corrected chi connectivity index (χ4v) is 1.18. The summed E-state index contributed by atoms with van der Waals surface area (Å²) in [7, 11) is 2.04. The highest BCUT2D eigenvalue weighted by molar-refractivity contribution is 5.55. The molecule has 2 nitrogen and oxygen atoms in total. The van der Waals surface area contributed by atoms with Crippen molar-refractivity contribution in [3.8, 4) is 0 Å². The Morgan fingerprint density at radius 2 is 1.80 bits per heavy atom. The topological polar surface area (TPSA) is 15.6 Å². The van der Waals surface area contributed by atoms with Crippen LogP contribution in [-0.4, -0.2) is 23.8 Å². The summed E-state index contributed by atoms with van der Waals surface area (Å²) in [6.07, 6.45) is 1.91. The number of rotatable bonds is 3. The maximum Gasteiger partial charge on any atom is 0.0856 e. The summed E-state index contributed by atoms with van der Waals surface area (Å²) in [4.78, 5) is 6.55. The van der Waals surface area contributed by atoms with Gasteiger partial charge in [-0.3, -0.25) is 4.99 Å². The van der Waals surface area contributed by atoms with E-state index in [-0.39, 0.29) is 5.54 Å². The highest BCUT2D eigenvalue weighted by atomic mass is 15.1. The van der Waals surface area contributed by atoms with Gasteiger partial charge in [0.2, 0.25) is 0 Å². The zero-order chi connectivity index (χ0) is 11.3. The van der Waals surface area contributed by atoms with Crippen LogP contribution in [0.25, 0.3) is 0 Å². The molecule has 0 amide bonds. The summed E-state index contributed by atoms with van der Waals surface area (Å²) in [6, 6.07) is 10.4. The Morgan fingerprint density at radius 1 is 1.20 bits per heavy atom. The fraction of sp³-hybridized carbons (Fsp3) is 0.462. The van der Waals surface area contributed by atoms with Crippen molar-refractivity contribution in [2.24, 2.45) is 4.99 Å². The molecule has 0 aromatic heterocycles. The van der Waals surface area contributed by atoms with Gasteiger partial charge in [-0.25, -0.2) is 0 Å². The molecule has 0 saturated carbocycles. The van der Waals surface area contributed by atoms with Crippen molar-refractivity contribution in [1.29, 1.82) is 0 Å². The van der Waals surface area contributed by atoms with Crippen molar-refractivity contribution in [3.63, 3.8) is 0 Å². The zero-order valence-electron chi connectivity index (χ0n) is 10.1. The Bertz CT molecular complexity index is 309. The van der Waals surface area contributed by atoms with Gasteiger partial charge in [-0.1, -0.05) is 30.3 Å². The van der Waals surface area contributed by atoms with Crippen molar-refractivity contribution in [2.45, 2.75) is 32.9 Å². The van der Waals surface area contributed by atoms with Crippen LogP contribution in [-0.2, 0) is 6.54 Å². The lowest BCUT2D eigenvalue weighted by Gasteiger charge is -2.17. The largest absolute Gasteiger partial charge is 0.362 e. The molecule has 0 heterocycles. The standard InChI is InChI=1S/C13H20N2/c1-13(2,3)14-11-15(4)10-12-8-6-5-7-9-12/h5-9,11H,10H2,1-4H3. The van der Waals surface area contributed by atoms with Crippen LogP contribution in [0.4, 0.5) is 0 Å².